The number of nitrogens with zero attached hydrogens (tertiary/aromatic N) is 2. The van der Waals surface area contributed by atoms with Gasteiger partial charge < -0.3 is 0 Å². The van der Waals surface area contributed by atoms with E-state index in [1.807, 2.05) is 11.8 Å². The van der Waals surface area contributed by atoms with Crippen molar-refractivity contribution in [3.05, 3.63) is 95.3 Å². The van der Waals surface area contributed by atoms with Gasteiger partial charge in [0.15, 0.2) is 11.6 Å². The summed E-state index contributed by atoms with van der Waals surface area (Å²) < 4.78 is 69.7. The third-order valence-corrected chi connectivity index (χ3v) is 7.87. The molecule has 0 spiro atoms. The highest BCUT2D eigenvalue weighted by Gasteiger charge is 2.34. The summed E-state index contributed by atoms with van der Waals surface area (Å²) in [5.41, 5.74) is 1.61. The van der Waals surface area contributed by atoms with Crippen LogP contribution in [0.15, 0.2) is 71.6 Å². The molecular formula is C25H25F3N2O2S. The van der Waals surface area contributed by atoms with Crippen LogP contribution >= 0.6 is 0 Å². The van der Waals surface area contributed by atoms with Crippen molar-refractivity contribution in [2.24, 2.45) is 0 Å². The smallest absolute Gasteiger partial charge is 0.264 e. The van der Waals surface area contributed by atoms with Gasteiger partial charge in [-0.25, -0.2) is 21.6 Å². The zero-order valence-electron chi connectivity index (χ0n) is 18.2. The van der Waals surface area contributed by atoms with Gasteiger partial charge in [0.2, 0.25) is 0 Å². The van der Waals surface area contributed by atoms with Crippen molar-refractivity contribution in [1.29, 1.82) is 0 Å². The molecule has 0 unspecified atom stereocenters. The lowest BCUT2D eigenvalue weighted by Gasteiger charge is -2.39. The Kier molecular flexibility index (Phi) is 6.76. The Balaban J connectivity index is 1.58. The number of aryl methyl sites for hydroxylation is 1. The number of benzene rings is 3. The molecule has 0 N–H and O–H groups in total. The van der Waals surface area contributed by atoms with E-state index < -0.39 is 27.5 Å². The van der Waals surface area contributed by atoms with Gasteiger partial charge in [0.25, 0.3) is 10.0 Å². The zero-order chi connectivity index (χ0) is 23.6. The maximum Gasteiger partial charge on any atom is 0.264 e. The summed E-state index contributed by atoms with van der Waals surface area (Å²) in [4.78, 5) is 2.15. The molecule has 0 saturated carbocycles. The van der Waals surface area contributed by atoms with Gasteiger partial charge in [-0.15, -0.1) is 0 Å². The molecule has 1 fully saturated rings. The van der Waals surface area contributed by atoms with Gasteiger partial charge in [0.1, 0.15) is 5.82 Å². The van der Waals surface area contributed by atoms with Crippen molar-refractivity contribution in [2.45, 2.75) is 37.2 Å². The quantitative estimate of drug-likeness (QED) is 0.489. The first-order chi connectivity index (χ1) is 15.8. The molecule has 3 aromatic rings. The van der Waals surface area contributed by atoms with E-state index in [2.05, 4.69) is 0 Å². The highest BCUT2D eigenvalue weighted by Crippen LogP contribution is 2.31. The summed E-state index contributed by atoms with van der Waals surface area (Å²) in [5, 5.41) is 0. The molecule has 1 saturated heterocycles. The molecule has 0 atom stereocenters. The van der Waals surface area contributed by atoms with Crippen LogP contribution in [0.4, 0.5) is 18.9 Å². The predicted octanol–water partition coefficient (Wildman–Crippen LogP) is 5.27. The van der Waals surface area contributed by atoms with Crippen LogP contribution in [0.1, 0.15) is 24.0 Å². The van der Waals surface area contributed by atoms with Crippen LogP contribution in [0.3, 0.4) is 0 Å². The van der Waals surface area contributed by atoms with Crippen LogP contribution in [0.25, 0.3) is 0 Å². The Bertz CT molecular complexity index is 1210. The Labute approximate surface area is 192 Å². The first-order valence-electron chi connectivity index (χ1n) is 10.8. The van der Waals surface area contributed by atoms with Gasteiger partial charge in [-0.05, 0) is 62.2 Å². The van der Waals surface area contributed by atoms with E-state index in [9.17, 15) is 21.6 Å². The molecule has 3 aromatic carbocycles. The largest absolute Gasteiger partial charge is 0.299 e. The number of hydrogen-bond donors (Lipinski definition) is 0. The number of halogens is 3. The summed E-state index contributed by atoms with van der Waals surface area (Å²) in [6, 6.07) is 15.8. The maximum absolute atomic E-state index is 14.1. The number of piperidine rings is 1. The summed E-state index contributed by atoms with van der Waals surface area (Å²) in [5.74, 6) is -2.18. The molecule has 1 aliphatic heterocycles. The number of anilines is 1. The number of likely N-dealkylation sites (tertiary alicyclic amines) is 1. The maximum atomic E-state index is 14.1. The molecule has 1 aliphatic rings. The second-order valence-electron chi connectivity index (χ2n) is 8.31. The molecule has 4 nitrogen and oxygen atoms in total. The van der Waals surface area contributed by atoms with E-state index in [-0.39, 0.29) is 23.0 Å². The second kappa shape index (κ2) is 9.57. The molecular weight excluding hydrogens is 449 g/mol. The third kappa shape index (κ3) is 5.07. The van der Waals surface area contributed by atoms with Crippen molar-refractivity contribution in [2.75, 3.05) is 17.4 Å². The molecule has 0 aliphatic carbocycles. The van der Waals surface area contributed by atoms with E-state index in [4.69, 9.17) is 0 Å². The van der Waals surface area contributed by atoms with Crippen LogP contribution in [-0.2, 0) is 16.6 Å². The average molecular weight is 475 g/mol. The summed E-state index contributed by atoms with van der Waals surface area (Å²) in [7, 11) is -3.89. The Hall–Kier alpha value is -2.84. The van der Waals surface area contributed by atoms with E-state index in [1.165, 1.54) is 34.6 Å². The fraction of sp³-hybridized carbons (Fsp3) is 0.280. The van der Waals surface area contributed by atoms with E-state index in [0.29, 0.717) is 31.6 Å². The first kappa shape index (κ1) is 23.3. The summed E-state index contributed by atoms with van der Waals surface area (Å²) in [6.07, 6.45) is 0.999. The Morgan fingerprint density at radius 1 is 0.909 bits per heavy atom. The van der Waals surface area contributed by atoms with Crippen molar-refractivity contribution >= 4 is 15.7 Å². The van der Waals surface area contributed by atoms with Gasteiger partial charge >= 0.3 is 0 Å². The molecule has 4 rings (SSSR count). The standard InChI is InChI=1S/C25H25F3N2O2S/c1-18-5-11-23(12-6-18)33(31,32)30(21-9-7-20(26)8-10-21)22-13-15-29(16-14-22)17-19-3-2-4-24(27)25(19)28/h2-12,22H,13-17H2,1H3. The topological polar surface area (TPSA) is 40.6 Å². The average Bonchev–Trinajstić information content (AvgIpc) is 2.80. The fourth-order valence-corrected chi connectivity index (χ4v) is 5.89. The predicted molar refractivity (Wildman–Crippen MR) is 122 cm³/mol. The van der Waals surface area contributed by atoms with E-state index in [1.54, 1.807) is 30.3 Å². The molecule has 0 amide bonds. The number of sulfonamides is 1. The summed E-state index contributed by atoms with van der Waals surface area (Å²) in [6.45, 7) is 3.16. The Morgan fingerprint density at radius 3 is 2.18 bits per heavy atom. The number of hydrogen-bond acceptors (Lipinski definition) is 3. The van der Waals surface area contributed by atoms with Crippen molar-refractivity contribution < 1.29 is 21.6 Å². The summed E-state index contributed by atoms with van der Waals surface area (Å²) >= 11 is 0. The van der Waals surface area contributed by atoms with Gasteiger partial charge in [0.05, 0.1) is 10.6 Å². The minimum atomic E-state index is -3.89. The van der Waals surface area contributed by atoms with Crippen molar-refractivity contribution in [3.63, 3.8) is 0 Å². The van der Waals surface area contributed by atoms with E-state index >= 15 is 0 Å². The number of rotatable bonds is 6. The van der Waals surface area contributed by atoms with Crippen LogP contribution in [-0.4, -0.2) is 32.4 Å². The highest BCUT2D eigenvalue weighted by molar-refractivity contribution is 7.92. The molecule has 0 aromatic heterocycles. The minimum absolute atomic E-state index is 0.168. The van der Waals surface area contributed by atoms with Crippen molar-refractivity contribution in [3.8, 4) is 0 Å². The van der Waals surface area contributed by atoms with E-state index in [0.717, 1.165) is 11.6 Å². The molecule has 33 heavy (non-hydrogen) atoms. The fourth-order valence-electron chi connectivity index (χ4n) is 4.18. The lowest BCUT2D eigenvalue weighted by atomic mass is 10.0. The van der Waals surface area contributed by atoms with Crippen LogP contribution in [0, 0.1) is 24.4 Å². The monoisotopic (exact) mass is 474 g/mol. The molecule has 1 heterocycles. The van der Waals surface area contributed by atoms with Crippen LogP contribution < -0.4 is 4.31 Å². The van der Waals surface area contributed by atoms with Crippen LogP contribution in [0.2, 0.25) is 0 Å². The SMILES string of the molecule is Cc1ccc(S(=O)(=O)N(c2ccc(F)cc2)C2CCN(Cc3cccc(F)c3F)CC2)cc1. The lowest BCUT2D eigenvalue weighted by molar-refractivity contribution is 0.203. The van der Waals surface area contributed by atoms with Crippen molar-refractivity contribution in [1.82, 2.24) is 4.90 Å². The van der Waals surface area contributed by atoms with Gasteiger partial charge in [0, 0.05) is 31.2 Å². The van der Waals surface area contributed by atoms with Gasteiger partial charge in [-0.3, -0.25) is 9.21 Å². The lowest BCUT2D eigenvalue weighted by Crippen LogP contribution is -2.47. The zero-order valence-corrected chi connectivity index (χ0v) is 19.0. The third-order valence-electron chi connectivity index (χ3n) is 5.97. The molecule has 8 heteroatoms. The van der Waals surface area contributed by atoms with Crippen LogP contribution in [0.5, 0.6) is 0 Å². The second-order valence-corrected chi connectivity index (χ2v) is 10.1. The van der Waals surface area contributed by atoms with Gasteiger partial charge in [-0.1, -0.05) is 29.8 Å². The molecule has 0 bridgehead atoms. The first-order valence-corrected chi connectivity index (χ1v) is 12.2. The molecule has 0 radical (unpaired) electrons. The molecule has 174 valence electrons. The van der Waals surface area contributed by atoms with Gasteiger partial charge in [-0.2, -0.15) is 0 Å². The minimum Gasteiger partial charge on any atom is -0.299 e. The normalized spacial score (nSPS) is 15.5. The Morgan fingerprint density at radius 2 is 1.55 bits per heavy atom. The highest BCUT2D eigenvalue weighted by atomic mass is 32.2.